The molecule has 1 aliphatic heterocycles. The number of hydrogen-bond acceptors (Lipinski definition) is 5. The van der Waals surface area contributed by atoms with Gasteiger partial charge in [-0.05, 0) is 30.2 Å². The third-order valence-corrected chi connectivity index (χ3v) is 7.14. The number of nitrogens with one attached hydrogen (secondary N) is 1. The van der Waals surface area contributed by atoms with Gasteiger partial charge in [0, 0.05) is 18.1 Å². The predicted molar refractivity (Wildman–Crippen MR) is 119 cm³/mol. The van der Waals surface area contributed by atoms with E-state index in [1.807, 2.05) is 23.1 Å². The fourth-order valence-electron chi connectivity index (χ4n) is 2.86. The number of unbranched alkanes of at least 4 members (excludes halogenated alkanes) is 1. The molecule has 6 nitrogen and oxygen atoms in total. The Bertz CT molecular complexity index is 1030. The van der Waals surface area contributed by atoms with Crippen LogP contribution in [0.2, 0.25) is 5.02 Å². The van der Waals surface area contributed by atoms with Gasteiger partial charge in [0.15, 0.2) is 5.17 Å². The summed E-state index contributed by atoms with van der Waals surface area (Å²) in [5.74, 6) is -0.159. The minimum Gasteiger partial charge on any atom is -0.351 e. The topological polar surface area (TPSA) is 78.8 Å². The Morgan fingerprint density at radius 3 is 2.66 bits per heavy atom. The summed E-state index contributed by atoms with van der Waals surface area (Å²) in [4.78, 5) is 14.4. The fourth-order valence-corrected chi connectivity index (χ4v) is 5.37. The molecule has 0 aliphatic carbocycles. The van der Waals surface area contributed by atoms with Crippen molar-refractivity contribution in [2.45, 2.75) is 31.2 Å². The van der Waals surface area contributed by atoms with Gasteiger partial charge in [-0.2, -0.15) is 8.42 Å². The van der Waals surface area contributed by atoms with Crippen LogP contribution in [-0.4, -0.2) is 31.8 Å². The van der Waals surface area contributed by atoms with E-state index >= 15 is 0 Å². The molecule has 1 aliphatic rings. The van der Waals surface area contributed by atoms with E-state index in [-0.39, 0.29) is 16.6 Å². The van der Waals surface area contributed by atoms with E-state index in [1.165, 1.54) is 0 Å². The van der Waals surface area contributed by atoms with Gasteiger partial charge in [0.05, 0.1) is 11.4 Å². The van der Waals surface area contributed by atoms with Crippen molar-refractivity contribution in [3.63, 3.8) is 0 Å². The molecule has 154 valence electrons. The zero-order chi connectivity index (χ0) is 20.9. The second-order valence-electron chi connectivity index (χ2n) is 6.48. The first-order valence-corrected chi connectivity index (χ1v) is 12.1. The van der Waals surface area contributed by atoms with Crippen LogP contribution in [0, 0.1) is 0 Å². The lowest BCUT2D eigenvalue weighted by Crippen LogP contribution is -2.36. The maximum absolute atomic E-state index is 12.6. The first-order chi connectivity index (χ1) is 13.9. The van der Waals surface area contributed by atoms with E-state index in [0.29, 0.717) is 29.0 Å². The second kappa shape index (κ2) is 9.65. The Labute approximate surface area is 180 Å². The van der Waals surface area contributed by atoms with Crippen molar-refractivity contribution >= 4 is 50.1 Å². The van der Waals surface area contributed by atoms with Gasteiger partial charge >= 0.3 is 0 Å². The molecule has 0 fully saturated rings. The van der Waals surface area contributed by atoms with Gasteiger partial charge in [-0.25, -0.2) is 0 Å². The fraction of sp³-hybridized carbons (Fsp3) is 0.300. The van der Waals surface area contributed by atoms with Crippen LogP contribution in [0.15, 0.2) is 57.8 Å². The highest BCUT2D eigenvalue weighted by Gasteiger charge is 2.30. The number of amidine groups is 1. The highest BCUT2D eigenvalue weighted by Crippen LogP contribution is 2.34. The summed E-state index contributed by atoms with van der Waals surface area (Å²) >= 11 is 7.23. The van der Waals surface area contributed by atoms with Crippen molar-refractivity contribution in [1.29, 1.82) is 0 Å². The van der Waals surface area contributed by atoms with Gasteiger partial charge in [-0.1, -0.05) is 67.0 Å². The van der Waals surface area contributed by atoms with Crippen molar-refractivity contribution < 1.29 is 13.2 Å². The molecule has 0 bridgehead atoms. The smallest absolute Gasteiger partial charge is 0.286 e. The van der Waals surface area contributed by atoms with Crippen molar-refractivity contribution in [3.05, 3.63) is 59.1 Å². The first-order valence-electron chi connectivity index (χ1n) is 9.27. The molecule has 0 saturated heterocycles. The highest BCUT2D eigenvalue weighted by atomic mass is 35.5. The number of thioether (sulfide) groups is 1. The summed E-state index contributed by atoms with van der Waals surface area (Å²) < 4.78 is 29.1. The van der Waals surface area contributed by atoms with Crippen molar-refractivity contribution in [2.75, 3.05) is 17.2 Å². The van der Waals surface area contributed by atoms with E-state index in [9.17, 15) is 13.2 Å². The number of carbonyl (C=O) groups excluding carboxylic acids is 1. The number of rotatable bonds is 7. The SMILES string of the molecule is CCCCN1C(SCC(=O)NCc2ccccc2Cl)=NS(=O)(=O)c2ccccc21. The molecule has 29 heavy (non-hydrogen) atoms. The van der Waals surface area contributed by atoms with Gasteiger partial charge in [0.1, 0.15) is 4.90 Å². The number of fused-ring (bicyclic) bond motifs is 1. The van der Waals surface area contributed by atoms with Crippen LogP contribution in [0.1, 0.15) is 25.3 Å². The lowest BCUT2D eigenvalue weighted by atomic mass is 10.2. The summed E-state index contributed by atoms with van der Waals surface area (Å²) in [6.07, 6.45) is 1.84. The Morgan fingerprint density at radius 1 is 1.17 bits per heavy atom. The normalized spacial score (nSPS) is 14.8. The van der Waals surface area contributed by atoms with E-state index in [4.69, 9.17) is 11.6 Å². The maximum atomic E-state index is 12.6. The van der Waals surface area contributed by atoms with Crippen LogP contribution in [0.5, 0.6) is 0 Å². The molecule has 1 N–H and O–H groups in total. The molecular weight excluding hydrogens is 430 g/mol. The lowest BCUT2D eigenvalue weighted by Gasteiger charge is -2.30. The molecule has 9 heteroatoms. The number of para-hydroxylation sites is 1. The van der Waals surface area contributed by atoms with Gasteiger partial charge in [0.2, 0.25) is 5.91 Å². The Morgan fingerprint density at radius 2 is 1.90 bits per heavy atom. The third kappa shape index (κ3) is 5.32. The van der Waals surface area contributed by atoms with E-state index in [2.05, 4.69) is 16.6 Å². The summed E-state index contributed by atoms with van der Waals surface area (Å²) in [5, 5.41) is 3.72. The van der Waals surface area contributed by atoms with Crippen LogP contribution in [-0.2, 0) is 21.4 Å². The molecule has 0 radical (unpaired) electrons. The minimum atomic E-state index is -3.78. The van der Waals surface area contributed by atoms with Crippen molar-refractivity contribution in [2.24, 2.45) is 4.40 Å². The van der Waals surface area contributed by atoms with Crippen LogP contribution >= 0.6 is 23.4 Å². The lowest BCUT2D eigenvalue weighted by molar-refractivity contribution is -0.118. The minimum absolute atomic E-state index is 0.0591. The van der Waals surface area contributed by atoms with Crippen molar-refractivity contribution in [3.8, 4) is 0 Å². The zero-order valence-electron chi connectivity index (χ0n) is 16.0. The summed E-state index contributed by atoms with van der Waals surface area (Å²) in [5.41, 5.74) is 1.43. The van der Waals surface area contributed by atoms with Crippen molar-refractivity contribution in [1.82, 2.24) is 5.32 Å². The predicted octanol–water partition coefficient (Wildman–Crippen LogP) is 4.05. The molecule has 0 unspecified atom stereocenters. The van der Waals surface area contributed by atoms with Crippen LogP contribution < -0.4 is 10.2 Å². The van der Waals surface area contributed by atoms with Crippen LogP contribution in [0.3, 0.4) is 0 Å². The average Bonchev–Trinajstić information content (AvgIpc) is 2.71. The molecule has 3 rings (SSSR count). The van der Waals surface area contributed by atoms with E-state index in [1.54, 1.807) is 30.3 Å². The molecule has 2 aromatic rings. The number of hydrogen-bond donors (Lipinski definition) is 1. The van der Waals surface area contributed by atoms with Crippen LogP contribution in [0.4, 0.5) is 5.69 Å². The summed E-state index contributed by atoms with van der Waals surface area (Å²) in [6, 6.07) is 14.1. The summed E-state index contributed by atoms with van der Waals surface area (Å²) in [7, 11) is -3.78. The third-order valence-electron chi connectivity index (χ3n) is 4.36. The monoisotopic (exact) mass is 451 g/mol. The van der Waals surface area contributed by atoms with Gasteiger partial charge < -0.3 is 10.2 Å². The quantitative estimate of drug-likeness (QED) is 0.686. The number of amides is 1. The molecule has 0 atom stereocenters. The Kier molecular flexibility index (Phi) is 7.21. The number of carbonyl (C=O) groups is 1. The first kappa shape index (κ1) is 21.7. The molecule has 1 heterocycles. The molecule has 1 amide bonds. The van der Waals surface area contributed by atoms with Gasteiger partial charge in [0.25, 0.3) is 10.0 Å². The number of halogens is 1. The number of nitrogens with zero attached hydrogens (tertiary/aromatic N) is 2. The van der Waals surface area contributed by atoms with Crippen LogP contribution in [0.25, 0.3) is 0 Å². The molecule has 0 aromatic heterocycles. The van der Waals surface area contributed by atoms with Gasteiger partial charge in [-0.15, -0.1) is 4.40 Å². The zero-order valence-corrected chi connectivity index (χ0v) is 18.4. The van der Waals surface area contributed by atoms with Gasteiger partial charge in [-0.3, -0.25) is 4.79 Å². The molecular formula is C20H22ClN3O3S2. The molecule has 0 saturated carbocycles. The van der Waals surface area contributed by atoms with E-state index in [0.717, 1.165) is 30.2 Å². The average molecular weight is 452 g/mol. The second-order valence-corrected chi connectivity index (χ2v) is 9.40. The Balaban J connectivity index is 1.70. The summed E-state index contributed by atoms with van der Waals surface area (Å²) in [6.45, 7) is 3.01. The Hall–Kier alpha value is -2.03. The molecule has 0 spiro atoms. The maximum Gasteiger partial charge on any atom is 0.286 e. The highest BCUT2D eigenvalue weighted by molar-refractivity contribution is 8.15. The number of anilines is 1. The standard InChI is InChI=1S/C20H22ClN3O3S2/c1-2-3-12-24-17-10-6-7-11-18(17)29(26,27)23-20(24)28-14-19(25)22-13-15-8-4-5-9-16(15)21/h4-11H,2-3,12-14H2,1H3,(H,22,25). The van der Waals surface area contributed by atoms with E-state index < -0.39 is 10.0 Å². The largest absolute Gasteiger partial charge is 0.351 e. The number of sulfonamides is 1. The number of benzene rings is 2. The molecule has 2 aromatic carbocycles.